The highest BCUT2D eigenvalue weighted by Gasteiger charge is 2.53. The number of nitrogens with zero attached hydrogens (tertiary/aromatic N) is 4. The highest BCUT2D eigenvalue weighted by Crippen LogP contribution is 2.51. The minimum absolute atomic E-state index is 0.0321. The van der Waals surface area contributed by atoms with Gasteiger partial charge in [0.15, 0.2) is 0 Å². The van der Waals surface area contributed by atoms with Crippen molar-refractivity contribution in [1.29, 1.82) is 5.26 Å². The number of carbonyl (C=O) groups is 1. The second-order valence-electron chi connectivity index (χ2n) is 11.1. The average Bonchev–Trinajstić information content (AvgIpc) is 3.21. The highest BCUT2D eigenvalue weighted by atomic mass is 16.5. The molecule has 1 saturated carbocycles. The van der Waals surface area contributed by atoms with Crippen LogP contribution in [0.25, 0.3) is 22.8 Å². The van der Waals surface area contributed by atoms with E-state index in [4.69, 9.17) is 14.2 Å². The van der Waals surface area contributed by atoms with Crippen LogP contribution in [0.15, 0.2) is 40.9 Å². The first-order valence-corrected chi connectivity index (χ1v) is 13.0. The fraction of sp³-hybridized carbons (Fsp3) is 0.448. The van der Waals surface area contributed by atoms with Crippen molar-refractivity contribution >= 4 is 5.97 Å². The topological polar surface area (TPSA) is 112 Å². The first kappa shape index (κ1) is 23.7. The monoisotopic (exact) mass is 498 g/mol. The molecule has 0 bridgehead atoms. The SMILES string of the molecule is CC(C)Oc1ccc(-c2nc(-c3cccc4c3CCC43CCN(CC4(C(=O)O)CC4)C3)no2)cc1C#N. The maximum atomic E-state index is 11.7. The van der Waals surface area contributed by atoms with Crippen molar-refractivity contribution in [2.45, 2.75) is 57.5 Å². The molecule has 1 aliphatic heterocycles. The number of carboxylic acids is 1. The lowest BCUT2D eigenvalue weighted by atomic mass is 9.81. The Morgan fingerprint density at radius 1 is 1.24 bits per heavy atom. The standard InChI is InChI=1S/C29H30N4O4/c1-18(2)36-24-7-6-19(14-20(24)15-30)26-31-25(32-37-26)22-4-3-5-23-21(22)8-9-28(23)12-13-33(16-28)17-29(10-11-29)27(34)35/h3-7,14,18H,8-13,16-17H2,1-2H3,(H,34,35). The number of hydrogen-bond donors (Lipinski definition) is 1. The molecule has 1 atom stereocenters. The number of carboxylic acid groups (broad SMARTS) is 1. The van der Waals surface area contributed by atoms with Crippen molar-refractivity contribution in [3.05, 3.63) is 53.1 Å². The van der Waals surface area contributed by atoms with E-state index in [1.54, 1.807) is 12.1 Å². The fourth-order valence-corrected chi connectivity index (χ4v) is 6.15. The molecule has 2 heterocycles. The summed E-state index contributed by atoms with van der Waals surface area (Å²) >= 11 is 0. The van der Waals surface area contributed by atoms with Gasteiger partial charge in [-0.05, 0) is 81.8 Å². The van der Waals surface area contributed by atoms with Gasteiger partial charge in [-0.1, -0.05) is 23.4 Å². The van der Waals surface area contributed by atoms with Crippen molar-refractivity contribution in [2.75, 3.05) is 19.6 Å². The minimum atomic E-state index is -0.653. The minimum Gasteiger partial charge on any atom is -0.490 e. The molecule has 1 spiro atoms. The molecule has 1 N–H and O–H groups in total. The molecule has 1 aromatic heterocycles. The van der Waals surface area contributed by atoms with Gasteiger partial charge in [-0.2, -0.15) is 10.2 Å². The molecule has 0 amide bonds. The number of ether oxygens (including phenoxy) is 1. The number of fused-ring (bicyclic) bond motifs is 2. The van der Waals surface area contributed by atoms with Crippen LogP contribution in [0.1, 0.15) is 56.2 Å². The first-order valence-electron chi connectivity index (χ1n) is 13.0. The average molecular weight is 499 g/mol. The Bertz CT molecular complexity index is 1420. The number of aliphatic carboxylic acids is 1. The van der Waals surface area contributed by atoms with Gasteiger partial charge in [-0.25, -0.2) is 0 Å². The van der Waals surface area contributed by atoms with Gasteiger partial charge >= 0.3 is 5.97 Å². The Morgan fingerprint density at radius 2 is 2.08 bits per heavy atom. The van der Waals surface area contributed by atoms with E-state index in [-0.39, 0.29) is 11.5 Å². The summed E-state index contributed by atoms with van der Waals surface area (Å²) in [4.78, 5) is 18.8. The number of nitriles is 1. The Kier molecular flexibility index (Phi) is 5.57. The lowest BCUT2D eigenvalue weighted by molar-refractivity contribution is -0.144. The zero-order chi connectivity index (χ0) is 25.8. The second kappa shape index (κ2) is 8.70. The van der Waals surface area contributed by atoms with E-state index in [9.17, 15) is 15.2 Å². The van der Waals surface area contributed by atoms with Gasteiger partial charge in [0.05, 0.1) is 17.1 Å². The van der Waals surface area contributed by atoms with Crippen molar-refractivity contribution in [2.24, 2.45) is 5.41 Å². The van der Waals surface area contributed by atoms with Crippen molar-refractivity contribution in [1.82, 2.24) is 15.0 Å². The molecule has 6 rings (SSSR count). The van der Waals surface area contributed by atoms with E-state index >= 15 is 0 Å². The molecule has 37 heavy (non-hydrogen) atoms. The summed E-state index contributed by atoms with van der Waals surface area (Å²) in [7, 11) is 0. The predicted octanol–water partition coefficient (Wildman–Crippen LogP) is 4.82. The Hall–Kier alpha value is -3.70. The van der Waals surface area contributed by atoms with Crippen molar-refractivity contribution < 1.29 is 19.2 Å². The zero-order valence-electron chi connectivity index (χ0n) is 21.2. The molecule has 8 nitrogen and oxygen atoms in total. The molecule has 2 fully saturated rings. The van der Waals surface area contributed by atoms with E-state index in [0.717, 1.165) is 50.8 Å². The Morgan fingerprint density at radius 3 is 2.81 bits per heavy atom. The smallest absolute Gasteiger partial charge is 0.310 e. The van der Waals surface area contributed by atoms with Crippen LogP contribution in [-0.4, -0.2) is 51.9 Å². The number of rotatable bonds is 7. The van der Waals surface area contributed by atoms with Crippen molar-refractivity contribution in [3.63, 3.8) is 0 Å². The fourth-order valence-electron chi connectivity index (χ4n) is 6.15. The van der Waals surface area contributed by atoms with Gasteiger partial charge in [0.2, 0.25) is 5.82 Å². The second-order valence-corrected chi connectivity index (χ2v) is 11.1. The maximum absolute atomic E-state index is 11.7. The van der Waals surface area contributed by atoms with Gasteiger partial charge in [0.1, 0.15) is 11.8 Å². The Balaban J connectivity index is 1.26. The van der Waals surface area contributed by atoms with Crippen LogP contribution in [0, 0.1) is 16.7 Å². The van der Waals surface area contributed by atoms with Crippen LogP contribution in [0.2, 0.25) is 0 Å². The molecule has 2 aliphatic carbocycles. The summed E-state index contributed by atoms with van der Waals surface area (Å²) in [5, 5.41) is 23.5. The number of aromatic nitrogens is 2. The lowest BCUT2D eigenvalue weighted by Crippen LogP contribution is -2.35. The molecular formula is C29H30N4O4. The Labute approximate surface area is 215 Å². The molecule has 0 radical (unpaired) electrons. The summed E-state index contributed by atoms with van der Waals surface area (Å²) in [5.41, 5.74) is 4.20. The molecule has 1 unspecified atom stereocenters. The molecule has 1 saturated heterocycles. The highest BCUT2D eigenvalue weighted by molar-refractivity contribution is 5.78. The van der Waals surface area contributed by atoms with Gasteiger partial charge in [0.25, 0.3) is 5.89 Å². The largest absolute Gasteiger partial charge is 0.490 e. The third-order valence-electron chi connectivity index (χ3n) is 8.24. The predicted molar refractivity (Wildman–Crippen MR) is 136 cm³/mol. The van der Waals surface area contributed by atoms with Gasteiger partial charge in [-0.15, -0.1) is 0 Å². The van der Waals surface area contributed by atoms with E-state index in [0.29, 0.717) is 35.1 Å². The molecule has 190 valence electrons. The summed E-state index contributed by atoms with van der Waals surface area (Å²) in [6.07, 6.45) is 4.57. The first-order chi connectivity index (χ1) is 17.8. The molecule has 8 heteroatoms. The van der Waals surface area contributed by atoms with Gasteiger partial charge in [-0.3, -0.25) is 4.79 Å². The van der Waals surface area contributed by atoms with Crippen LogP contribution < -0.4 is 4.74 Å². The third-order valence-corrected chi connectivity index (χ3v) is 8.24. The van der Waals surface area contributed by atoms with E-state index in [2.05, 4.69) is 28.3 Å². The van der Waals surface area contributed by atoms with E-state index in [1.165, 1.54) is 11.1 Å². The van der Waals surface area contributed by atoms with Crippen LogP contribution in [0.3, 0.4) is 0 Å². The van der Waals surface area contributed by atoms with E-state index in [1.807, 2.05) is 26.0 Å². The zero-order valence-corrected chi connectivity index (χ0v) is 21.2. The molecule has 2 aromatic carbocycles. The van der Waals surface area contributed by atoms with Crippen LogP contribution >= 0.6 is 0 Å². The third kappa shape index (κ3) is 4.08. The van der Waals surface area contributed by atoms with E-state index < -0.39 is 11.4 Å². The quantitative estimate of drug-likeness (QED) is 0.494. The van der Waals surface area contributed by atoms with Crippen LogP contribution in [-0.2, 0) is 16.6 Å². The van der Waals surface area contributed by atoms with Crippen molar-refractivity contribution in [3.8, 4) is 34.7 Å². The number of benzene rings is 2. The van der Waals surface area contributed by atoms with Gasteiger partial charge < -0.3 is 19.3 Å². The number of likely N-dealkylation sites (tertiary alicyclic amines) is 1. The summed E-state index contributed by atoms with van der Waals surface area (Å²) in [6.45, 7) is 6.33. The summed E-state index contributed by atoms with van der Waals surface area (Å²) in [6, 6.07) is 13.8. The summed E-state index contributed by atoms with van der Waals surface area (Å²) < 4.78 is 11.4. The molecular weight excluding hydrogens is 468 g/mol. The molecule has 3 aromatic rings. The number of hydrogen-bond acceptors (Lipinski definition) is 7. The normalized spacial score (nSPS) is 21.8. The van der Waals surface area contributed by atoms with Crippen LogP contribution in [0.4, 0.5) is 0 Å². The summed E-state index contributed by atoms with van der Waals surface area (Å²) in [5.74, 6) is 0.791. The van der Waals surface area contributed by atoms with Gasteiger partial charge in [0, 0.05) is 29.6 Å². The lowest BCUT2D eigenvalue weighted by Gasteiger charge is -2.27. The van der Waals surface area contributed by atoms with Crippen LogP contribution in [0.5, 0.6) is 5.75 Å². The maximum Gasteiger partial charge on any atom is 0.310 e. The molecule has 3 aliphatic rings.